The maximum absolute atomic E-state index is 2.61. The molecule has 0 N–H and O–H groups in total. The molecule has 4 rings (SSSR count). The largest absolute Gasteiger partial charge is 0.0845 e. The van der Waals surface area contributed by atoms with E-state index >= 15 is 0 Å². The van der Waals surface area contributed by atoms with Crippen molar-refractivity contribution in [3.05, 3.63) is 35.5 Å². The van der Waals surface area contributed by atoms with Crippen molar-refractivity contribution in [2.75, 3.05) is 0 Å². The maximum Gasteiger partial charge on any atom is -0.00572 e. The molecule has 8 unspecified atom stereocenters. The third kappa shape index (κ3) is 1.60. The Hall–Kier alpha value is -0.780. The quantitative estimate of drug-likeness (QED) is 0.527. The second-order valence-corrected chi connectivity index (χ2v) is 8.19. The molecule has 0 aromatic heterocycles. The van der Waals surface area contributed by atoms with Crippen LogP contribution in [0.15, 0.2) is 35.5 Å². The zero-order valence-electron chi connectivity index (χ0n) is 13.3. The summed E-state index contributed by atoms with van der Waals surface area (Å²) in [5, 5.41) is 0. The summed E-state index contributed by atoms with van der Waals surface area (Å²) in [6, 6.07) is 0. The van der Waals surface area contributed by atoms with Gasteiger partial charge in [0.1, 0.15) is 0 Å². The van der Waals surface area contributed by atoms with E-state index < -0.39 is 0 Å². The van der Waals surface area contributed by atoms with Gasteiger partial charge in [-0.05, 0) is 72.7 Å². The zero-order chi connectivity index (χ0) is 14.0. The van der Waals surface area contributed by atoms with E-state index in [4.69, 9.17) is 0 Å². The van der Waals surface area contributed by atoms with E-state index in [1.807, 2.05) is 0 Å². The molecule has 8 atom stereocenters. The minimum atomic E-state index is 0.805. The van der Waals surface area contributed by atoms with Gasteiger partial charge in [-0.15, -0.1) is 0 Å². The summed E-state index contributed by atoms with van der Waals surface area (Å²) in [6.07, 6.45) is 13.0. The van der Waals surface area contributed by atoms with E-state index in [2.05, 4.69) is 52.0 Å². The number of rotatable bonds is 0. The molecule has 1 fully saturated rings. The minimum absolute atomic E-state index is 0.805. The van der Waals surface area contributed by atoms with Gasteiger partial charge in [0, 0.05) is 0 Å². The van der Waals surface area contributed by atoms with Gasteiger partial charge in [0.25, 0.3) is 0 Å². The Morgan fingerprint density at radius 3 is 2.25 bits per heavy atom. The van der Waals surface area contributed by atoms with E-state index in [9.17, 15) is 0 Å². The van der Waals surface area contributed by atoms with Crippen LogP contribution in [0.1, 0.15) is 40.5 Å². The number of hydrogen-bond donors (Lipinski definition) is 0. The molecule has 0 aromatic rings. The molecule has 0 heteroatoms. The minimum Gasteiger partial charge on any atom is -0.0845 e. The lowest BCUT2D eigenvalue weighted by Crippen LogP contribution is -2.49. The first-order valence-electron chi connectivity index (χ1n) is 8.64. The highest BCUT2D eigenvalue weighted by Crippen LogP contribution is 2.58. The van der Waals surface area contributed by atoms with Crippen LogP contribution >= 0.6 is 0 Å². The van der Waals surface area contributed by atoms with Crippen molar-refractivity contribution in [2.45, 2.75) is 40.5 Å². The molecule has 108 valence electrons. The fraction of sp³-hybridized carbons (Fsp3) is 0.700. The lowest BCUT2D eigenvalue weighted by Gasteiger charge is -2.56. The van der Waals surface area contributed by atoms with Crippen LogP contribution in [0.5, 0.6) is 0 Å². The van der Waals surface area contributed by atoms with Crippen LogP contribution < -0.4 is 0 Å². The second-order valence-electron chi connectivity index (χ2n) is 8.19. The summed E-state index contributed by atoms with van der Waals surface area (Å²) >= 11 is 0. The van der Waals surface area contributed by atoms with Gasteiger partial charge in [-0.1, -0.05) is 50.6 Å². The SMILES string of the molecule is CC1=C2C=CC3C(C)CC(C)C4C=CC(C(C)C1)C2C34. The Morgan fingerprint density at radius 1 is 0.850 bits per heavy atom. The summed E-state index contributed by atoms with van der Waals surface area (Å²) < 4.78 is 0. The van der Waals surface area contributed by atoms with E-state index in [0.29, 0.717) is 0 Å². The number of hydrogen-bond acceptors (Lipinski definition) is 0. The molecule has 0 nitrogen and oxygen atoms in total. The maximum atomic E-state index is 2.61. The van der Waals surface area contributed by atoms with Gasteiger partial charge in [-0.2, -0.15) is 0 Å². The van der Waals surface area contributed by atoms with Gasteiger partial charge in [-0.25, -0.2) is 0 Å². The monoisotopic (exact) mass is 268 g/mol. The molecule has 0 aliphatic heterocycles. The van der Waals surface area contributed by atoms with E-state index in [1.54, 1.807) is 11.1 Å². The predicted molar refractivity (Wildman–Crippen MR) is 85.2 cm³/mol. The Bertz CT molecular complexity index is 506. The first kappa shape index (κ1) is 12.9. The normalized spacial score (nSPS) is 53.0. The van der Waals surface area contributed by atoms with Crippen molar-refractivity contribution in [2.24, 2.45) is 47.3 Å². The Balaban J connectivity index is 1.87. The third-order valence-electron chi connectivity index (χ3n) is 6.97. The molecule has 0 heterocycles. The van der Waals surface area contributed by atoms with Crippen LogP contribution in [0.3, 0.4) is 0 Å². The molecule has 0 bridgehead atoms. The second kappa shape index (κ2) is 4.36. The topological polar surface area (TPSA) is 0 Å². The average Bonchev–Trinajstić information content (AvgIpc) is 2.42. The Kier molecular flexibility index (Phi) is 2.81. The summed E-state index contributed by atoms with van der Waals surface area (Å²) in [7, 11) is 0. The summed E-state index contributed by atoms with van der Waals surface area (Å²) in [5.74, 6) is 6.75. The molecule has 20 heavy (non-hydrogen) atoms. The first-order chi connectivity index (χ1) is 9.58. The standard InChI is InChI=1S/C20H28/c1-11-9-12(2)16-7-8-18-14(4)10-13(3)17-6-5-15(11)19(16)20(17)18/h5-8,11-13,15-17,19-20H,9-10H2,1-4H3. The predicted octanol–water partition coefficient (Wildman–Crippen LogP) is 5.24. The molecule has 0 radical (unpaired) electrons. The van der Waals surface area contributed by atoms with Crippen molar-refractivity contribution in [3.63, 3.8) is 0 Å². The van der Waals surface area contributed by atoms with Crippen LogP contribution in [-0.4, -0.2) is 0 Å². The third-order valence-corrected chi connectivity index (χ3v) is 6.97. The van der Waals surface area contributed by atoms with Crippen molar-refractivity contribution >= 4 is 0 Å². The first-order valence-corrected chi connectivity index (χ1v) is 8.64. The highest BCUT2D eigenvalue weighted by Gasteiger charge is 2.51. The van der Waals surface area contributed by atoms with Crippen LogP contribution in [0.25, 0.3) is 0 Å². The molecule has 1 saturated carbocycles. The highest BCUT2D eigenvalue weighted by molar-refractivity contribution is 5.39. The van der Waals surface area contributed by atoms with Crippen LogP contribution in [0.4, 0.5) is 0 Å². The smallest absolute Gasteiger partial charge is 0.00572 e. The van der Waals surface area contributed by atoms with Crippen molar-refractivity contribution in [1.82, 2.24) is 0 Å². The van der Waals surface area contributed by atoms with Crippen molar-refractivity contribution in [3.8, 4) is 0 Å². The summed E-state index contributed by atoms with van der Waals surface area (Å²) in [4.78, 5) is 0. The lowest BCUT2D eigenvalue weighted by atomic mass is 9.49. The van der Waals surface area contributed by atoms with E-state index in [-0.39, 0.29) is 0 Å². The molecular formula is C20H28. The van der Waals surface area contributed by atoms with Crippen LogP contribution in [0, 0.1) is 47.3 Å². The van der Waals surface area contributed by atoms with Gasteiger partial charge >= 0.3 is 0 Å². The van der Waals surface area contributed by atoms with Gasteiger partial charge < -0.3 is 0 Å². The van der Waals surface area contributed by atoms with Gasteiger partial charge in [0.15, 0.2) is 0 Å². The molecule has 0 aromatic carbocycles. The molecule has 4 aliphatic rings. The van der Waals surface area contributed by atoms with Gasteiger partial charge in [0.2, 0.25) is 0 Å². The zero-order valence-corrected chi connectivity index (χ0v) is 13.3. The fourth-order valence-corrected chi connectivity index (χ4v) is 6.11. The van der Waals surface area contributed by atoms with Crippen molar-refractivity contribution < 1.29 is 0 Å². The average molecular weight is 268 g/mol. The van der Waals surface area contributed by atoms with E-state index in [1.165, 1.54) is 12.8 Å². The molecule has 0 amide bonds. The molecule has 0 spiro atoms. The Labute approximate surface area is 124 Å². The fourth-order valence-electron chi connectivity index (χ4n) is 6.11. The summed E-state index contributed by atoms with van der Waals surface area (Å²) in [6.45, 7) is 9.83. The van der Waals surface area contributed by atoms with E-state index in [0.717, 1.165) is 47.3 Å². The van der Waals surface area contributed by atoms with Crippen LogP contribution in [0.2, 0.25) is 0 Å². The van der Waals surface area contributed by atoms with Gasteiger partial charge in [-0.3, -0.25) is 0 Å². The molecule has 0 saturated heterocycles. The number of allylic oxidation sites excluding steroid dienone is 6. The summed E-state index contributed by atoms with van der Waals surface area (Å²) in [5.41, 5.74) is 3.39. The van der Waals surface area contributed by atoms with Gasteiger partial charge in [0.05, 0.1) is 0 Å². The van der Waals surface area contributed by atoms with Crippen LogP contribution in [-0.2, 0) is 0 Å². The highest BCUT2D eigenvalue weighted by atomic mass is 14.5. The molecular weight excluding hydrogens is 240 g/mol. The van der Waals surface area contributed by atoms with Crippen molar-refractivity contribution in [1.29, 1.82) is 0 Å². The molecule has 4 aliphatic carbocycles. The Morgan fingerprint density at radius 2 is 1.50 bits per heavy atom. The lowest BCUT2D eigenvalue weighted by molar-refractivity contribution is 0.0306.